The minimum atomic E-state index is -1.20. The third-order valence-electron chi connectivity index (χ3n) is 3.14. The van der Waals surface area contributed by atoms with Gasteiger partial charge in [0.2, 0.25) is 0 Å². The van der Waals surface area contributed by atoms with E-state index in [1.165, 1.54) is 7.11 Å². The van der Waals surface area contributed by atoms with Crippen molar-refractivity contribution in [3.05, 3.63) is 26.7 Å². The largest absolute Gasteiger partial charge is 0.496 e. The minimum Gasteiger partial charge on any atom is -0.496 e. The van der Waals surface area contributed by atoms with Gasteiger partial charge >= 0.3 is 0 Å². The lowest BCUT2D eigenvalue weighted by Gasteiger charge is -2.19. The summed E-state index contributed by atoms with van der Waals surface area (Å²) in [6.07, 6.45) is -1.20. The van der Waals surface area contributed by atoms with Crippen LogP contribution in [-0.4, -0.2) is 30.6 Å². The summed E-state index contributed by atoms with van der Waals surface area (Å²) in [5.41, 5.74) is 8.38. The Bertz CT molecular complexity index is 486. The molecule has 0 aliphatic rings. The predicted molar refractivity (Wildman–Crippen MR) is 74.3 cm³/mol. The highest BCUT2D eigenvalue weighted by molar-refractivity contribution is 9.10. The number of halogens is 1. The Labute approximate surface area is 115 Å². The summed E-state index contributed by atoms with van der Waals surface area (Å²) in [6, 6.07) is 0. The molecule has 0 aliphatic carbocycles. The zero-order chi connectivity index (χ0) is 14.0. The molecule has 0 saturated heterocycles. The molecular formula is C13H18BrNO3. The zero-order valence-corrected chi connectivity index (χ0v) is 12.6. The van der Waals surface area contributed by atoms with Crippen LogP contribution in [-0.2, 0) is 0 Å². The van der Waals surface area contributed by atoms with E-state index >= 15 is 0 Å². The van der Waals surface area contributed by atoms with E-state index in [4.69, 9.17) is 10.5 Å². The van der Waals surface area contributed by atoms with Crippen LogP contribution in [0.25, 0.3) is 0 Å². The fraction of sp³-hybridized carbons (Fsp3) is 0.462. The maximum atomic E-state index is 12.2. The Balaban J connectivity index is 3.57. The number of ether oxygens (including phenoxy) is 1. The first kappa shape index (κ1) is 15.1. The van der Waals surface area contributed by atoms with Crippen molar-refractivity contribution in [2.45, 2.75) is 26.9 Å². The topological polar surface area (TPSA) is 72.5 Å². The van der Waals surface area contributed by atoms with Crippen molar-refractivity contribution in [1.29, 1.82) is 0 Å². The first-order chi connectivity index (χ1) is 8.36. The van der Waals surface area contributed by atoms with Gasteiger partial charge in [0.25, 0.3) is 0 Å². The van der Waals surface area contributed by atoms with E-state index in [9.17, 15) is 9.90 Å². The molecule has 0 aromatic heterocycles. The molecule has 1 atom stereocenters. The number of benzene rings is 1. The molecule has 0 bridgehead atoms. The highest BCUT2D eigenvalue weighted by Crippen LogP contribution is 2.36. The van der Waals surface area contributed by atoms with Crippen LogP contribution in [0.3, 0.4) is 0 Å². The van der Waals surface area contributed by atoms with Crippen molar-refractivity contribution in [3.8, 4) is 5.75 Å². The molecular weight excluding hydrogens is 298 g/mol. The molecule has 4 nitrogen and oxygen atoms in total. The summed E-state index contributed by atoms with van der Waals surface area (Å²) < 4.78 is 6.17. The average molecular weight is 316 g/mol. The molecule has 0 aliphatic heterocycles. The minimum absolute atomic E-state index is 0.105. The summed E-state index contributed by atoms with van der Waals surface area (Å²) in [7, 11) is 1.51. The highest BCUT2D eigenvalue weighted by atomic mass is 79.9. The molecule has 1 unspecified atom stereocenters. The van der Waals surface area contributed by atoms with Gasteiger partial charge in [-0.2, -0.15) is 0 Å². The first-order valence-corrected chi connectivity index (χ1v) is 6.41. The zero-order valence-electron chi connectivity index (χ0n) is 11.0. The van der Waals surface area contributed by atoms with Crippen molar-refractivity contribution < 1.29 is 14.6 Å². The second kappa shape index (κ2) is 5.82. The van der Waals surface area contributed by atoms with E-state index in [2.05, 4.69) is 15.9 Å². The van der Waals surface area contributed by atoms with Gasteiger partial charge in [-0.3, -0.25) is 4.79 Å². The monoisotopic (exact) mass is 315 g/mol. The van der Waals surface area contributed by atoms with Crippen LogP contribution in [0.1, 0.15) is 27.0 Å². The number of Topliss-reactive ketones (excluding diaryl/α,β-unsaturated/α-hetero) is 1. The number of nitrogens with two attached hydrogens (primary N) is 1. The molecule has 1 aromatic rings. The SMILES string of the molecule is COc1c(C)c(C)c(Br)c(C)c1C(=O)C(O)CN. The average Bonchev–Trinajstić information content (AvgIpc) is 2.38. The smallest absolute Gasteiger partial charge is 0.196 e. The summed E-state index contributed by atoms with van der Waals surface area (Å²) in [5.74, 6) is 0.0985. The number of aliphatic hydroxyl groups excluding tert-OH is 1. The third kappa shape index (κ3) is 2.43. The van der Waals surface area contributed by atoms with Crippen LogP contribution in [0.15, 0.2) is 4.47 Å². The van der Waals surface area contributed by atoms with E-state index in [1.807, 2.05) is 20.8 Å². The lowest BCUT2D eigenvalue weighted by atomic mass is 9.94. The second-order valence-corrected chi connectivity index (χ2v) is 5.01. The van der Waals surface area contributed by atoms with E-state index in [1.54, 1.807) is 0 Å². The molecule has 100 valence electrons. The molecule has 0 spiro atoms. The lowest BCUT2D eigenvalue weighted by molar-refractivity contribution is 0.0759. The Hall–Kier alpha value is -0.910. The summed E-state index contributed by atoms with van der Waals surface area (Å²) in [5, 5.41) is 9.63. The number of carbonyl (C=O) groups excluding carboxylic acids is 1. The van der Waals surface area contributed by atoms with Gasteiger partial charge in [-0.05, 0) is 37.5 Å². The molecule has 0 saturated carbocycles. The van der Waals surface area contributed by atoms with Gasteiger partial charge in [0.15, 0.2) is 5.78 Å². The Morgan fingerprint density at radius 2 is 1.89 bits per heavy atom. The molecule has 18 heavy (non-hydrogen) atoms. The van der Waals surface area contributed by atoms with Crippen molar-refractivity contribution in [1.82, 2.24) is 0 Å². The van der Waals surface area contributed by atoms with Crippen molar-refractivity contribution in [2.24, 2.45) is 5.73 Å². The van der Waals surface area contributed by atoms with Gasteiger partial charge in [0.1, 0.15) is 11.9 Å². The number of aliphatic hydroxyl groups is 1. The van der Waals surface area contributed by atoms with Crippen molar-refractivity contribution >= 4 is 21.7 Å². The van der Waals surface area contributed by atoms with Crippen LogP contribution in [0.4, 0.5) is 0 Å². The summed E-state index contributed by atoms with van der Waals surface area (Å²) in [6.45, 7) is 5.54. The molecule has 5 heteroatoms. The van der Waals surface area contributed by atoms with Crippen LogP contribution in [0.5, 0.6) is 5.75 Å². The second-order valence-electron chi connectivity index (χ2n) is 4.21. The highest BCUT2D eigenvalue weighted by Gasteiger charge is 2.25. The fourth-order valence-electron chi connectivity index (χ4n) is 1.91. The van der Waals surface area contributed by atoms with Gasteiger partial charge in [0.05, 0.1) is 12.7 Å². The van der Waals surface area contributed by atoms with Crippen LogP contribution < -0.4 is 10.5 Å². The maximum absolute atomic E-state index is 12.2. The van der Waals surface area contributed by atoms with Crippen LogP contribution in [0, 0.1) is 20.8 Å². The van der Waals surface area contributed by atoms with Crippen LogP contribution in [0.2, 0.25) is 0 Å². The number of hydrogen-bond acceptors (Lipinski definition) is 4. The lowest BCUT2D eigenvalue weighted by Crippen LogP contribution is -2.30. The first-order valence-electron chi connectivity index (χ1n) is 5.62. The molecule has 0 radical (unpaired) electrons. The number of ketones is 1. The quantitative estimate of drug-likeness (QED) is 0.832. The standard InChI is InChI=1S/C13H18BrNO3/c1-6-7(2)13(18-4)10(8(3)11(6)14)12(17)9(16)5-15/h9,16H,5,15H2,1-4H3. The molecule has 3 N–H and O–H groups in total. The van der Waals surface area contributed by atoms with E-state index in [-0.39, 0.29) is 6.54 Å². The predicted octanol–water partition coefficient (Wildman–Crippen LogP) is 1.89. The van der Waals surface area contributed by atoms with E-state index in [0.717, 1.165) is 21.2 Å². The Morgan fingerprint density at radius 3 is 2.33 bits per heavy atom. The van der Waals surface area contributed by atoms with Gasteiger partial charge in [-0.15, -0.1) is 0 Å². The van der Waals surface area contributed by atoms with E-state index in [0.29, 0.717) is 11.3 Å². The fourth-order valence-corrected chi connectivity index (χ4v) is 2.40. The molecule has 0 heterocycles. The number of rotatable bonds is 4. The van der Waals surface area contributed by atoms with Gasteiger partial charge in [-0.1, -0.05) is 15.9 Å². The molecule has 0 amide bonds. The Kier molecular flexibility index (Phi) is 4.90. The van der Waals surface area contributed by atoms with Crippen molar-refractivity contribution in [3.63, 3.8) is 0 Å². The van der Waals surface area contributed by atoms with Gasteiger partial charge in [0, 0.05) is 11.0 Å². The Morgan fingerprint density at radius 1 is 1.33 bits per heavy atom. The normalized spacial score (nSPS) is 12.4. The van der Waals surface area contributed by atoms with E-state index < -0.39 is 11.9 Å². The van der Waals surface area contributed by atoms with Gasteiger partial charge < -0.3 is 15.6 Å². The maximum Gasteiger partial charge on any atom is 0.196 e. The van der Waals surface area contributed by atoms with Gasteiger partial charge in [-0.25, -0.2) is 0 Å². The number of methoxy groups -OCH3 is 1. The third-order valence-corrected chi connectivity index (χ3v) is 4.33. The molecule has 1 aromatic carbocycles. The van der Waals surface area contributed by atoms with Crippen molar-refractivity contribution in [2.75, 3.05) is 13.7 Å². The molecule has 0 fully saturated rings. The molecule has 1 rings (SSSR count). The summed E-state index contributed by atoms with van der Waals surface area (Å²) >= 11 is 3.46. The van der Waals surface area contributed by atoms with Crippen LogP contribution >= 0.6 is 15.9 Å². The number of carbonyl (C=O) groups is 1. The summed E-state index contributed by atoms with van der Waals surface area (Å²) in [4.78, 5) is 12.2. The number of hydrogen-bond donors (Lipinski definition) is 2.